The average molecular weight is 472 g/mol. The number of rotatable bonds is 4. The van der Waals surface area contributed by atoms with Crippen LogP contribution in [0.4, 0.5) is 22.7 Å². The van der Waals surface area contributed by atoms with Gasteiger partial charge in [0.2, 0.25) is 0 Å². The Morgan fingerprint density at radius 2 is 1.24 bits per heavy atom. The quantitative estimate of drug-likeness (QED) is 0.248. The molecular formula is C32H17N5. The van der Waals surface area contributed by atoms with E-state index in [1.165, 1.54) is 0 Å². The molecule has 37 heavy (non-hydrogen) atoms. The van der Waals surface area contributed by atoms with Gasteiger partial charge in [0.05, 0.1) is 41.6 Å². The lowest BCUT2D eigenvalue weighted by Crippen LogP contribution is -2.10. The Bertz CT molecular complexity index is 1770. The molecular weight excluding hydrogens is 454 g/mol. The Morgan fingerprint density at radius 1 is 0.595 bits per heavy atom. The van der Waals surface area contributed by atoms with Gasteiger partial charge in [-0.2, -0.15) is 15.8 Å². The Hall–Kier alpha value is -5.88. The molecule has 5 aromatic carbocycles. The van der Waals surface area contributed by atoms with E-state index in [0.717, 1.165) is 39.0 Å². The van der Waals surface area contributed by atoms with Crippen molar-refractivity contribution in [2.75, 3.05) is 4.90 Å². The molecule has 0 unspecified atom stereocenters. The molecule has 0 spiro atoms. The highest BCUT2D eigenvalue weighted by Gasteiger charge is 2.17. The minimum absolute atomic E-state index is 0.418. The third-order valence-electron chi connectivity index (χ3n) is 6.15. The van der Waals surface area contributed by atoms with E-state index in [9.17, 15) is 15.8 Å². The second-order valence-corrected chi connectivity index (χ2v) is 8.32. The van der Waals surface area contributed by atoms with Crippen molar-refractivity contribution in [1.82, 2.24) is 0 Å². The summed E-state index contributed by atoms with van der Waals surface area (Å²) < 4.78 is 0. The van der Waals surface area contributed by atoms with E-state index in [0.29, 0.717) is 22.4 Å². The van der Waals surface area contributed by atoms with Crippen LogP contribution >= 0.6 is 0 Å². The van der Waals surface area contributed by atoms with Crippen LogP contribution in [0.5, 0.6) is 0 Å². The fourth-order valence-corrected chi connectivity index (χ4v) is 4.40. The molecule has 5 aromatic rings. The van der Waals surface area contributed by atoms with E-state index in [2.05, 4.69) is 28.0 Å². The lowest BCUT2D eigenvalue weighted by molar-refractivity contribution is 1.29. The largest absolute Gasteiger partial charge is 0.310 e. The Balaban J connectivity index is 1.67. The number of hydrogen-bond acceptors (Lipinski definition) is 4. The van der Waals surface area contributed by atoms with Gasteiger partial charge in [0.15, 0.2) is 5.69 Å². The summed E-state index contributed by atoms with van der Waals surface area (Å²) >= 11 is 0. The van der Waals surface area contributed by atoms with E-state index in [1.54, 1.807) is 30.3 Å². The molecule has 5 nitrogen and oxygen atoms in total. The minimum atomic E-state index is 0.418. The highest BCUT2D eigenvalue weighted by atomic mass is 15.1. The van der Waals surface area contributed by atoms with E-state index in [-0.39, 0.29) is 0 Å². The number of anilines is 3. The first-order valence-corrected chi connectivity index (χ1v) is 11.4. The number of hydrogen-bond donors (Lipinski definition) is 0. The van der Waals surface area contributed by atoms with Crippen molar-refractivity contribution in [2.45, 2.75) is 0 Å². The van der Waals surface area contributed by atoms with Gasteiger partial charge >= 0.3 is 0 Å². The third-order valence-corrected chi connectivity index (χ3v) is 6.15. The first-order chi connectivity index (χ1) is 18.1. The first-order valence-electron chi connectivity index (χ1n) is 11.4. The van der Waals surface area contributed by atoms with Crippen molar-refractivity contribution in [2.24, 2.45) is 0 Å². The molecule has 0 bridgehead atoms. The summed E-state index contributed by atoms with van der Waals surface area (Å²) in [6.07, 6.45) is 0. The molecule has 0 aliphatic carbocycles. The van der Waals surface area contributed by atoms with E-state index >= 15 is 0 Å². The molecule has 0 N–H and O–H groups in total. The van der Waals surface area contributed by atoms with Gasteiger partial charge in [0.25, 0.3) is 0 Å². The topological polar surface area (TPSA) is 79.0 Å². The molecule has 0 saturated carbocycles. The molecule has 5 rings (SSSR count). The van der Waals surface area contributed by atoms with E-state index < -0.39 is 0 Å². The molecule has 5 heteroatoms. The standard InChI is InChI=1S/C32H17N5/c1-36-27-17-23(20-34)16-26(18-27)24-8-13-29(14-9-24)37(28-11-6-22(19-33)7-12-28)32-15-10-25(21-35)30-4-2-3-5-31(30)32/h2-18H. The molecule has 0 atom stereocenters. The minimum Gasteiger partial charge on any atom is -0.310 e. The molecule has 0 aliphatic rings. The zero-order chi connectivity index (χ0) is 25.8. The van der Waals surface area contributed by atoms with Crippen molar-refractivity contribution in [1.29, 1.82) is 15.8 Å². The number of nitrogens with zero attached hydrogens (tertiary/aromatic N) is 5. The first kappa shape index (κ1) is 22.9. The van der Waals surface area contributed by atoms with Crippen LogP contribution < -0.4 is 4.90 Å². The molecule has 0 amide bonds. The molecule has 0 aliphatic heterocycles. The Morgan fingerprint density at radius 3 is 1.86 bits per heavy atom. The summed E-state index contributed by atoms with van der Waals surface area (Å²) in [6.45, 7) is 7.35. The summed E-state index contributed by atoms with van der Waals surface area (Å²) in [4.78, 5) is 5.58. The Labute approximate surface area is 214 Å². The molecule has 0 saturated heterocycles. The molecule has 0 heterocycles. The zero-order valence-corrected chi connectivity index (χ0v) is 19.6. The number of fused-ring (bicyclic) bond motifs is 1. The monoisotopic (exact) mass is 471 g/mol. The average Bonchev–Trinajstić information content (AvgIpc) is 2.97. The van der Waals surface area contributed by atoms with E-state index in [1.807, 2.05) is 72.8 Å². The van der Waals surface area contributed by atoms with Gasteiger partial charge in [-0.05, 0) is 77.9 Å². The van der Waals surface area contributed by atoms with Crippen LogP contribution in [0.15, 0.2) is 103 Å². The maximum Gasteiger partial charge on any atom is 0.189 e. The van der Waals surface area contributed by atoms with Crippen LogP contribution in [0.25, 0.3) is 26.7 Å². The van der Waals surface area contributed by atoms with Gasteiger partial charge in [0, 0.05) is 27.7 Å². The maximum absolute atomic E-state index is 9.64. The molecule has 0 radical (unpaired) electrons. The van der Waals surface area contributed by atoms with Crippen LogP contribution in [-0.4, -0.2) is 0 Å². The summed E-state index contributed by atoms with van der Waals surface area (Å²) in [5.41, 5.74) is 6.35. The van der Waals surface area contributed by atoms with Gasteiger partial charge in [-0.1, -0.05) is 36.4 Å². The normalized spacial score (nSPS) is 10.1. The van der Waals surface area contributed by atoms with E-state index in [4.69, 9.17) is 6.57 Å². The smallest absolute Gasteiger partial charge is 0.189 e. The van der Waals surface area contributed by atoms with Crippen molar-refractivity contribution in [3.05, 3.63) is 131 Å². The summed E-state index contributed by atoms with van der Waals surface area (Å²) in [5, 5.41) is 30.1. The lowest BCUT2D eigenvalue weighted by Gasteiger charge is -2.27. The van der Waals surface area contributed by atoms with Crippen LogP contribution in [0.2, 0.25) is 0 Å². The second kappa shape index (κ2) is 9.77. The SMILES string of the molecule is [C-]#[N+]c1cc(C#N)cc(-c2ccc(N(c3ccc(C#N)cc3)c3ccc(C#N)c4ccccc34)cc2)c1. The van der Waals surface area contributed by atoms with Gasteiger partial charge in [0.1, 0.15) is 0 Å². The van der Waals surface area contributed by atoms with Crippen LogP contribution in [-0.2, 0) is 0 Å². The summed E-state index contributed by atoms with van der Waals surface area (Å²) in [6, 6.07) is 38.5. The van der Waals surface area contributed by atoms with Gasteiger partial charge in [-0.3, -0.25) is 0 Å². The molecule has 170 valence electrons. The predicted octanol–water partition coefficient (Wildman–Crippen LogP) is 8.14. The van der Waals surface area contributed by atoms with Crippen molar-refractivity contribution in [3.8, 4) is 29.3 Å². The van der Waals surface area contributed by atoms with Crippen LogP contribution in [0.3, 0.4) is 0 Å². The maximum atomic E-state index is 9.64. The molecule has 0 aromatic heterocycles. The van der Waals surface area contributed by atoms with Crippen molar-refractivity contribution >= 4 is 33.5 Å². The fourth-order valence-electron chi connectivity index (χ4n) is 4.40. The number of nitriles is 3. The zero-order valence-electron chi connectivity index (χ0n) is 19.6. The third kappa shape index (κ3) is 4.34. The van der Waals surface area contributed by atoms with Crippen LogP contribution in [0, 0.1) is 40.6 Å². The van der Waals surface area contributed by atoms with Gasteiger partial charge < -0.3 is 4.90 Å². The van der Waals surface area contributed by atoms with Crippen molar-refractivity contribution < 1.29 is 0 Å². The highest BCUT2D eigenvalue weighted by Crippen LogP contribution is 2.40. The lowest BCUT2D eigenvalue weighted by atomic mass is 10.00. The van der Waals surface area contributed by atoms with Crippen molar-refractivity contribution in [3.63, 3.8) is 0 Å². The second-order valence-electron chi connectivity index (χ2n) is 8.32. The Kier molecular flexibility index (Phi) is 6.05. The van der Waals surface area contributed by atoms with Crippen LogP contribution in [0.1, 0.15) is 16.7 Å². The van der Waals surface area contributed by atoms with Gasteiger partial charge in [-0.25, -0.2) is 4.85 Å². The summed E-state index contributed by atoms with van der Waals surface area (Å²) in [5.74, 6) is 0. The predicted molar refractivity (Wildman–Crippen MR) is 144 cm³/mol. The highest BCUT2D eigenvalue weighted by molar-refractivity contribution is 6.01. The summed E-state index contributed by atoms with van der Waals surface area (Å²) in [7, 11) is 0. The number of benzene rings is 5. The molecule has 0 fully saturated rings. The fraction of sp³-hybridized carbons (Fsp3) is 0. The van der Waals surface area contributed by atoms with Gasteiger partial charge in [-0.15, -0.1) is 0 Å².